The number of hydrogen-bond acceptors (Lipinski definition) is 3. The lowest BCUT2D eigenvalue weighted by Crippen LogP contribution is -2.46. The summed E-state index contributed by atoms with van der Waals surface area (Å²) < 4.78 is 7.25. The van der Waals surface area contributed by atoms with Gasteiger partial charge in [0.15, 0.2) is 0 Å². The van der Waals surface area contributed by atoms with Crippen molar-refractivity contribution in [2.24, 2.45) is 0 Å². The maximum Gasteiger partial charge on any atom is 0.410 e. The normalized spacial score (nSPS) is 11.8. The number of ether oxygens (including phenoxy) is 1. The lowest BCUT2D eigenvalue weighted by Gasteiger charge is -2.36. The SMILES string of the molecule is C#CCn1cncc1C(C)(C)N(C)C(=O)OC(C)(C)C. The molecular weight excluding hydrogens is 254 g/mol. The molecule has 0 unspecified atom stereocenters. The molecule has 0 radical (unpaired) electrons. The minimum atomic E-state index is -0.574. The van der Waals surface area contributed by atoms with Crippen LogP contribution < -0.4 is 0 Å². The molecule has 20 heavy (non-hydrogen) atoms. The summed E-state index contributed by atoms with van der Waals surface area (Å²) in [4.78, 5) is 17.9. The molecule has 0 bridgehead atoms. The average Bonchev–Trinajstić information content (AvgIpc) is 2.75. The van der Waals surface area contributed by atoms with Gasteiger partial charge in [-0.05, 0) is 34.6 Å². The molecule has 0 saturated carbocycles. The number of carbonyl (C=O) groups excluding carboxylic acids is 1. The van der Waals surface area contributed by atoms with Crippen molar-refractivity contribution in [1.82, 2.24) is 14.5 Å². The fourth-order valence-electron chi connectivity index (χ4n) is 1.78. The summed E-state index contributed by atoms with van der Waals surface area (Å²) in [7, 11) is 1.71. The summed E-state index contributed by atoms with van der Waals surface area (Å²) in [6.07, 6.45) is 8.36. The molecule has 0 saturated heterocycles. The molecule has 5 nitrogen and oxygen atoms in total. The van der Waals surface area contributed by atoms with Crippen LogP contribution in [0.3, 0.4) is 0 Å². The van der Waals surface area contributed by atoms with Crippen LogP contribution in [-0.2, 0) is 16.8 Å². The van der Waals surface area contributed by atoms with Crippen LogP contribution >= 0.6 is 0 Å². The molecule has 0 aromatic carbocycles. The molecule has 1 rings (SSSR count). The van der Waals surface area contributed by atoms with Gasteiger partial charge >= 0.3 is 6.09 Å². The summed E-state index contributed by atoms with van der Waals surface area (Å²) in [5.41, 5.74) is -0.236. The predicted octanol–water partition coefficient (Wildman–Crippen LogP) is 2.62. The number of terminal acetylenes is 1. The highest BCUT2D eigenvalue weighted by Crippen LogP contribution is 2.27. The van der Waals surface area contributed by atoms with Crippen molar-refractivity contribution in [2.45, 2.75) is 52.3 Å². The summed E-state index contributed by atoms with van der Waals surface area (Å²) in [5, 5.41) is 0. The van der Waals surface area contributed by atoms with Crippen molar-refractivity contribution in [3.05, 3.63) is 18.2 Å². The minimum Gasteiger partial charge on any atom is -0.444 e. The van der Waals surface area contributed by atoms with Crippen LogP contribution in [-0.4, -0.2) is 33.2 Å². The van der Waals surface area contributed by atoms with Crippen LogP contribution in [0.25, 0.3) is 0 Å². The fraction of sp³-hybridized carbons (Fsp3) is 0.600. The molecule has 110 valence electrons. The van der Waals surface area contributed by atoms with E-state index in [2.05, 4.69) is 10.9 Å². The third-order valence-electron chi connectivity index (χ3n) is 3.11. The summed E-state index contributed by atoms with van der Waals surface area (Å²) in [5.74, 6) is 2.58. The topological polar surface area (TPSA) is 47.4 Å². The summed E-state index contributed by atoms with van der Waals surface area (Å²) in [6.45, 7) is 9.81. The third kappa shape index (κ3) is 3.53. The first-order chi connectivity index (χ1) is 9.09. The first kappa shape index (κ1) is 16.1. The molecule has 1 aromatic rings. The van der Waals surface area contributed by atoms with E-state index in [4.69, 9.17) is 11.2 Å². The van der Waals surface area contributed by atoms with Crippen molar-refractivity contribution in [1.29, 1.82) is 0 Å². The van der Waals surface area contributed by atoms with Gasteiger partial charge in [-0.3, -0.25) is 0 Å². The van der Waals surface area contributed by atoms with E-state index in [1.807, 2.05) is 39.2 Å². The van der Waals surface area contributed by atoms with E-state index in [0.717, 1.165) is 5.69 Å². The Labute approximate surface area is 120 Å². The number of aromatic nitrogens is 2. The Morgan fingerprint density at radius 1 is 1.45 bits per heavy atom. The maximum absolute atomic E-state index is 12.2. The van der Waals surface area contributed by atoms with E-state index in [9.17, 15) is 4.79 Å². The highest BCUT2D eigenvalue weighted by molar-refractivity contribution is 5.69. The second-order valence-electron chi connectivity index (χ2n) is 6.21. The summed E-state index contributed by atoms with van der Waals surface area (Å²) in [6, 6.07) is 0. The maximum atomic E-state index is 12.2. The Morgan fingerprint density at radius 2 is 2.05 bits per heavy atom. The van der Waals surface area contributed by atoms with Gasteiger partial charge < -0.3 is 14.2 Å². The van der Waals surface area contributed by atoms with Crippen molar-refractivity contribution in [3.63, 3.8) is 0 Å². The molecule has 0 spiro atoms. The van der Waals surface area contributed by atoms with E-state index in [0.29, 0.717) is 6.54 Å². The van der Waals surface area contributed by atoms with E-state index in [-0.39, 0.29) is 6.09 Å². The van der Waals surface area contributed by atoms with Crippen LogP contribution in [0.1, 0.15) is 40.3 Å². The number of imidazole rings is 1. The van der Waals surface area contributed by atoms with Crippen LogP contribution in [0, 0.1) is 12.3 Å². The van der Waals surface area contributed by atoms with Crippen LogP contribution in [0.4, 0.5) is 4.79 Å². The molecule has 0 N–H and O–H groups in total. The Hall–Kier alpha value is -1.96. The zero-order valence-electron chi connectivity index (χ0n) is 13.1. The first-order valence-corrected chi connectivity index (χ1v) is 6.50. The second-order valence-corrected chi connectivity index (χ2v) is 6.21. The predicted molar refractivity (Wildman–Crippen MR) is 78.1 cm³/mol. The van der Waals surface area contributed by atoms with Gasteiger partial charge in [-0.2, -0.15) is 0 Å². The highest BCUT2D eigenvalue weighted by Gasteiger charge is 2.34. The molecule has 5 heteroatoms. The van der Waals surface area contributed by atoms with Crippen molar-refractivity contribution >= 4 is 6.09 Å². The molecule has 0 atom stereocenters. The fourth-order valence-corrected chi connectivity index (χ4v) is 1.78. The molecule has 0 aliphatic carbocycles. The molecule has 0 aliphatic rings. The van der Waals surface area contributed by atoms with Crippen molar-refractivity contribution in [3.8, 4) is 12.3 Å². The third-order valence-corrected chi connectivity index (χ3v) is 3.11. The van der Waals surface area contributed by atoms with Gasteiger partial charge in [-0.1, -0.05) is 5.92 Å². The lowest BCUT2D eigenvalue weighted by atomic mass is 9.99. The van der Waals surface area contributed by atoms with E-state index in [1.54, 1.807) is 24.5 Å². The largest absolute Gasteiger partial charge is 0.444 e. The van der Waals surface area contributed by atoms with E-state index in [1.165, 1.54) is 0 Å². The number of amides is 1. The van der Waals surface area contributed by atoms with Gasteiger partial charge in [-0.15, -0.1) is 6.42 Å². The highest BCUT2D eigenvalue weighted by atomic mass is 16.6. The number of rotatable bonds is 3. The zero-order valence-corrected chi connectivity index (χ0v) is 13.1. The molecule has 1 amide bonds. The second kappa shape index (κ2) is 5.58. The van der Waals surface area contributed by atoms with Gasteiger partial charge in [-0.25, -0.2) is 9.78 Å². The quantitative estimate of drug-likeness (QED) is 0.798. The standard InChI is InChI=1S/C15H23N3O2/c1-8-9-18-11-16-10-12(18)15(5,6)17(7)13(19)20-14(2,3)4/h1,10-11H,9H2,2-7H3. The van der Waals surface area contributed by atoms with Crippen LogP contribution in [0.15, 0.2) is 12.5 Å². The van der Waals surface area contributed by atoms with Crippen molar-refractivity contribution < 1.29 is 9.53 Å². The molecule has 1 heterocycles. The van der Waals surface area contributed by atoms with E-state index >= 15 is 0 Å². The van der Waals surface area contributed by atoms with Gasteiger partial charge in [0.2, 0.25) is 0 Å². The Kier molecular flexibility index (Phi) is 4.49. The van der Waals surface area contributed by atoms with Gasteiger partial charge in [0.05, 0.1) is 30.3 Å². The first-order valence-electron chi connectivity index (χ1n) is 6.50. The monoisotopic (exact) mass is 277 g/mol. The molecule has 0 aliphatic heterocycles. The minimum absolute atomic E-state index is 0.379. The molecule has 0 fully saturated rings. The zero-order chi connectivity index (χ0) is 15.6. The average molecular weight is 277 g/mol. The van der Waals surface area contributed by atoms with Crippen molar-refractivity contribution in [2.75, 3.05) is 7.05 Å². The summed E-state index contributed by atoms with van der Waals surface area (Å²) >= 11 is 0. The van der Waals surface area contributed by atoms with Crippen LogP contribution in [0.2, 0.25) is 0 Å². The number of hydrogen-bond donors (Lipinski definition) is 0. The molecular formula is C15H23N3O2. The smallest absolute Gasteiger partial charge is 0.410 e. The number of carbonyl (C=O) groups is 1. The Balaban J connectivity index is 3.00. The molecule has 1 aromatic heterocycles. The lowest BCUT2D eigenvalue weighted by molar-refractivity contribution is 0.00922. The van der Waals surface area contributed by atoms with E-state index < -0.39 is 11.1 Å². The van der Waals surface area contributed by atoms with Gasteiger partial charge in [0.1, 0.15) is 5.60 Å². The Morgan fingerprint density at radius 3 is 2.55 bits per heavy atom. The van der Waals surface area contributed by atoms with Gasteiger partial charge in [0.25, 0.3) is 0 Å². The Bertz CT molecular complexity index is 518. The van der Waals surface area contributed by atoms with Crippen LogP contribution in [0.5, 0.6) is 0 Å². The van der Waals surface area contributed by atoms with Gasteiger partial charge in [0, 0.05) is 7.05 Å². The number of nitrogens with zero attached hydrogens (tertiary/aromatic N) is 3.